The Hall–Kier alpha value is -1.22. The van der Waals surface area contributed by atoms with E-state index in [2.05, 4.69) is 15.9 Å². The first-order valence-electron chi connectivity index (χ1n) is 8.55. The average molecular weight is 455 g/mol. The van der Waals surface area contributed by atoms with Gasteiger partial charge >= 0.3 is 0 Å². The molecule has 5 nitrogen and oxygen atoms in total. The number of benzene rings is 1. The molecule has 1 aromatic heterocycles. The van der Waals surface area contributed by atoms with Crippen molar-refractivity contribution in [1.82, 2.24) is 4.31 Å². The van der Waals surface area contributed by atoms with Crippen LogP contribution >= 0.6 is 27.3 Å². The highest BCUT2D eigenvalue weighted by Crippen LogP contribution is 2.42. The second kappa shape index (κ2) is 6.74. The van der Waals surface area contributed by atoms with Crippen LogP contribution in [-0.2, 0) is 21.2 Å². The fraction of sp³-hybridized carbons (Fsp3) is 0.389. The van der Waals surface area contributed by atoms with Crippen molar-refractivity contribution in [2.75, 3.05) is 18.0 Å². The lowest BCUT2D eigenvalue weighted by atomic mass is 10.2. The fourth-order valence-electron chi connectivity index (χ4n) is 3.83. The summed E-state index contributed by atoms with van der Waals surface area (Å²) in [7, 11) is -3.66. The van der Waals surface area contributed by atoms with E-state index in [0.29, 0.717) is 23.2 Å². The van der Waals surface area contributed by atoms with Crippen LogP contribution in [0.2, 0.25) is 0 Å². The van der Waals surface area contributed by atoms with Gasteiger partial charge in [0.05, 0.1) is 10.9 Å². The van der Waals surface area contributed by atoms with Crippen LogP contribution in [0.1, 0.15) is 36.2 Å². The zero-order valence-corrected chi connectivity index (χ0v) is 17.5. The summed E-state index contributed by atoms with van der Waals surface area (Å²) in [5.74, 6) is -0.0629. The van der Waals surface area contributed by atoms with E-state index in [-0.39, 0.29) is 16.8 Å². The summed E-state index contributed by atoms with van der Waals surface area (Å²) in [5, 5.41) is 1.98. The molecule has 1 atom stereocenters. The molecule has 26 heavy (non-hydrogen) atoms. The van der Waals surface area contributed by atoms with Crippen LogP contribution in [0.3, 0.4) is 0 Å². The molecule has 2 aliphatic rings. The van der Waals surface area contributed by atoms with Crippen LogP contribution in [0, 0.1) is 0 Å². The number of rotatable bonds is 3. The van der Waals surface area contributed by atoms with Gasteiger partial charge in [-0.05, 0) is 64.3 Å². The number of carbonyl (C=O) groups excluding carboxylic acids is 1. The summed E-state index contributed by atoms with van der Waals surface area (Å²) in [5.41, 5.74) is 1.72. The molecule has 0 aliphatic carbocycles. The van der Waals surface area contributed by atoms with Crippen molar-refractivity contribution >= 4 is 48.9 Å². The Morgan fingerprint density at radius 3 is 2.81 bits per heavy atom. The molecule has 8 heteroatoms. The smallest absolute Gasteiger partial charge is 0.244 e. The molecule has 0 bridgehead atoms. The molecule has 0 radical (unpaired) electrons. The van der Waals surface area contributed by atoms with Crippen LogP contribution in [0.5, 0.6) is 0 Å². The maximum Gasteiger partial charge on any atom is 0.244 e. The van der Waals surface area contributed by atoms with Gasteiger partial charge in [0.2, 0.25) is 15.9 Å². The third-order valence-corrected chi connectivity index (χ3v) is 8.91. The Balaban J connectivity index is 1.77. The topological polar surface area (TPSA) is 57.7 Å². The van der Waals surface area contributed by atoms with Gasteiger partial charge < -0.3 is 4.90 Å². The highest BCUT2D eigenvalue weighted by molar-refractivity contribution is 9.10. The van der Waals surface area contributed by atoms with Crippen molar-refractivity contribution < 1.29 is 13.2 Å². The number of anilines is 1. The van der Waals surface area contributed by atoms with Crippen LogP contribution in [-0.4, -0.2) is 31.7 Å². The van der Waals surface area contributed by atoms with Crippen molar-refractivity contribution in [3.63, 3.8) is 0 Å². The molecule has 1 amide bonds. The number of halogens is 1. The Labute approximate surface area is 165 Å². The van der Waals surface area contributed by atoms with E-state index < -0.39 is 10.0 Å². The molecule has 3 heterocycles. The summed E-state index contributed by atoms with van der Waals surface area (Å²) in [6.07, 6.45) is 2.43. The summed E-state index contributed by atoms with van der Waals surface area (Å²) in [6.45, 7) is 2.63. The van der Waals surface area contributed by atoms with E-state index in [9.17, 15) is 13.2 Å². The lowest BCUT2D eigenvalue weighted by molar-refractivity contribution is -0.116. The number of fused-ring (bicyclic) bond motifs is 1. The molecule has 2 aliphatic heterocycles. The second-order valence-corrected chi connectivity index (χ2v) is 10.3. The predicted octanol–water partition coefficient (Wildman–Crippen LogP) is 3.95. The van der Waals surface area contributed by atoms with Gasteiger partial charge in [0.1, 0.15) is 0 Å². The molecular formula is C18H19BrN2O3S2. The van der Waals surface area contributed by atoms with E-state index in [1.807, 2.05) is 23.6 Å². The maximum atomic E-state index is 13.4. The number of hydrogen-bond donors (Lipinski definition) is 0. The molecule has 0 saturated carbocycles. The third-order valence-electron chi connectivity index (χ3n) is 5.07. The van der Waals surface area contributed by atoms with Crippen molar-refractivity contribution in [2.24, 2.45) is 0 Å². The summed E-state index contributed by atoms with van der Waals surface area (Å²) < 4.78 is 29.0. The Morgan fingerprint density at radius 1 is 1.31 bits per heavy atom. The number of thiophene rings is 1. The number of amides is 1. The molecule has 4 rings (SSSR count). The number of sulfonamides is 1. The van der Waals surface area contributed by atoms with Gasteiger partial charge in [0.15, 0.2) is 0 Å². The van der Waals surface area contributed by atoms with E-state index in [1.165, 1.54) is 6.92 Å². The molecule has 2 aromatic rings. The SMILES string of the molecule is CC(=O)N1CCc2cc(Br)c(S(=O)(=O)N3CCC[C@@H]3c3cccs3)cc21. The molecule has 1 fully saturated rings. The Kier molecular flexibility index (Phi) is 4.71. The first-order valence-corrected chi connectivity index (χ1v) is 11.7. The molecule has 0 spiro atoms. The summed E-state index contributed by atoms with van der Waals surface area (Å²) in [4.78, 5) is 14.8. The quantitative estimate of drug-likeness (QED) is 0.705. The molecule has 1 saturated heterocycles. The highest BCUT2D eigenvalue weighted by Gasteiger charge is 2.38. The minimum Gasteiger partial charge on any atom is -0.312 e. The predicted molar refractivity (Wildman–Crippen MR) is 106 cm³/mol. The first-order chi connectivity index (χ1) is 12.4. The largest absolute Gasteiger partial charge is 0.312 e. The highest BCUT2D eigenvalue weighted by atomic mass is 79.9. The van der Waals surface area contributed by atoms with Gasteiger partial charge in [-0.25, -0.2) is 8.42 Å². The molecule has 138 valence electrons. The maximum absolute atomic E-state index is 13.4. The van der Waals surface area contributed by atoms with Crippen LogP contribution in [0.25, 0.3) is 0 Å². The van der Waals surface area contributed by atoms with Gasteiger partial charge in [-0.15, -0.1) is 11.3 Å². The van der Waals surface area contributed by atoms with Crippen molar-refractivity contribution in [1.29, 1.82) is 0 Å². The minimum atomic E-state index is -3.66. The Morgan fingerprint density at radius 2 is 2.12 bits per heavy atom. The van der Waals surface area contributed by atoms with Gasteiger partial charge in [-0.2, -0.15) is 4.31 Å². The van der Waals surface area contributed by atoms with Gasteiger partial charge in [0, 0.05) is 35.1 Å². The lowest BCUT2D eigenvalue weighted by Crippen LogP contribution is -2.31. The zero-order chi connectivity index (χ0) is 18.5. The first kappa shape index (κ1) is 18.2. The molecule has 0 unspecified atom stereocenters. The number of nitrogens with zero attached hydrogens (tertiary/aromatic N) is 2. The van der Waals surface area contributed by atoms with Crippen molar-refractivity contribution in [3.8, 4) is 0 Å². The third kappa shape index (κ3) is 2.93. The van der Waals surface area contributed by atoms with Crippen LogP contribution < -0.4 is 4.90 Å². The van der Waals surface area contributed by atoms with E-state index in [1.54, 1.807) is 26.6 Å². The molecule has 1 aromatic carbocycles. The van der Waals surface area contributed by atoms with Crippen LogP contribution in [0.15, 0.2) is 39.0 Å². The average Bonchev–Trinajstić information content (AvgIpc) is 3.32. The second-order valence-electron chi connectivity index (χ2n) is 6.62. The number of carbonyl (C=O) groups is 1. The van der Waals surface area contributed by atoms with Crippen molar-refractivity contribution in [2.45, 2.75) is 37.1 Å². The molecule has 0 N–H and O–H groups in total. The minimum absolute atomic E-state index is 0.0629. The summed E-state index contributed by atoms with van der Waals surface area (Å²) >= 11 is 5.04. The standard InChI is InChI=1S/C18H19BrN2O3S2/c1-12(22)20-8-6-13-10-14(19)18(11-16(13)20)26(23,24)21-7-2-4-15(21)17-5-3-9-25-17/h3,5,9-11,15H,2,4,6-8H2,1H3/t15-/m1/s1. The normalized spacial score (nSPS) is 20.5. The van der Waals surface area contributed by atoms with E-state index >= 15 is 0 Å². The van der Waals surface area contributed by atoms with Gasteiger partial charge in [0.25, 0.3) is 0 Å². The van der Waals surface area contributed by atoms with Crippen molar-refractivity contribution in [3.05, 3.63) is 44.6 Å². The van der Waals surface area contributed by atoms with Gasteiger partial charge in [-0.3, -0.25) is 4.79 Å². The monoisotopic (exact) mass is 454 g/mol. The Bertz CT molecular complexity index is 957. The fourth-order valence-corrected chi connectivity index (χ4v) is 7.52. The summed E-state index contributed by atoms with van der Waals surface area (Å²) in [6, 6.07) is 7.36. The zero-order valence-electron chi connectivity index (χ0n) is 14.3. The number of hydrogen-bond acceptors (Lipinski definition) is 4. The lowest BCUT2D eigenvalue weighted by Gasteiger charge is -2.25. The van der Waals surface area contributed by atoms with Gasteiger partial charge in [-0.1, -0.05) is 6.07 Å². The molecular weight excluding hydrogens is 436 g/mol. The van der Waals surface area contributed by atoms with E-state index in [4.69, 9.17) is 0 Å². The van der Waals surface area contributed by atoms with E-state index in [0.717, 1.165) is 29.7 Å². The van der Waals surface area contributed by atoms with Crippen LogP contribution in [0.4, 0.5) is 5.69 Å².